The van der Waals surface area contributed by atoms with Gasteiger partial charge in [-0.15, -0.1) is 11.3 Å². The van der Waals surface area contributed by atoms with Crippen LogP contribution in [0.2, 0.25) is 0 Å². The number of likely N-dealkylation sites (N-methyl/N-ethyl adjacent to an activating group) is 1. The summed E-state index contributed by atoms with van der Waals surface area (Å²) in [5.74, 6) is 0.888. The Labute approximate surface area is 132 Å². The van der Waals surface area contributed by atoms with Crippen LogP contribution >= 0.6 is 27.3 Å². The Morgan fingerprint density at radius 3 is 2.85 bits per heavy atom. The maximum atomic E-state index is 5.31. The average molecular weight is 355 g/mol. The third kappa shape index (κ3) is 3.81. The molecule has 0 saturated heterocycles. The van der Waals surface area contributed by atoms with Gasteiger partial charge in [-0.3, -0.25) is 0 Å². The van der Waals surface area contributed by atoms with Gasteiger partial charge in [0.25, 0.3) is 0 Å². The minimum atomic E-state index is 0.287. The summed E-state index contributed by atoms with van der Waals surface area (Å²) in [6.07, 6.45) is 2.88. The Bertz CT molecular complexity index is 571. The van der Waals surface area contributed by atoms with Crippen molar-refractivity contribution in [1.29, 1.82) is 0 Å². The number of aromatic nitrogens is 1. The van der Waals surface area contributed by atoms with Gasteiger partial charge < -0.3 is 10.1 Å². The van der Waals surface area contributed by atoms with Gasteiger partial charge in [-0.2, -0.15) is 0 Å². The van der Waals surface area contributed by atoms with Crippen molar-refractivity contribution in [3.63, 3.8) is 0 Å². The largest absolute Gasteiger partial charge is 0.497 e. The highest BCUT2D eigenvalue weighted by atomic mass is 79.9. The number of rotatable bonds is 6. The van der Waals surface area contributed by atoms with E-state index in [1.807, 2.05) is 25.3 Å². The van der Waals surface area contributed by atoms with Crippen molar-refractivity contribution in [2.45, 2.75) is 26.3 Å². The maximum absolute atomic E-state index is 5.31. The first-order chi connectivity index (χ1) is 9.63. The molecule has 1 atom stereocenters. The van der Waals surface area contributed by atoms with E-state index in [0.717, 1.165) is 28.2 Å². The third-order valence-electron chi connectivity index (χ3n) is 3.11. The lowest BCUT2D eigenvalue weighted by Gasteiger charge is -2.17. The average Bonchev–Trinajstić information content (AvgIpc) is 2.87. The lowest BCUT2D eigenvalue weighted by molar-refractivity contribution is 0.413. The first-order valence-corrected chi connectivity index (χ1v) is 8.23. The van der Waals surface area contributed by atoms with Crippen molar-refractivity contribution in [1.82, 2.24) is 10.3 Å². The number of benzene rings is 1. The van der Waals surface area contributed by atoms with Crippen LogP contribution in [0.3, 0.4) is 0 Å². The van der Waals surface area contributed by atoms with E-state index in [1.165, 1.54) is 10.4 Å². The maximum Gasteiger partial charge on any atom is 0.119 e. The predicted molar refractivity (Wildman–Crippen MR) is 87.7 cm³/mol. The molecule has 1 heterocycles. The molecule has 2 rings (SSSR count). The molecule has 20 heavy (non-hydrogen) atoms. The molecule has 2 aromatic rings. The zero-order valence-corrected chi connectivity index (χ0v) is 14.3. The molecule has 1 aromatic carbocycles. The fourth-order valence-electron chi connectivity index (χ4n) is 2.11. The molecule has 108 valence electrons. The van der Waals surface area contributed by atoms with Gasteiger partial charge in [0.2, 0.25) is 0 Å². The zero-order chi connectivity index (χ0) is 14.5. The second kappa shape index (κ2) is 7.20. The Morgan fingerprint density at radius 1 is 1.45 bits per heavy atom. The molecule has 1 unspecified atom stereocenters. The van der Waals surface area contributed by atoms with Crippen LogP contribution in [-0.4, -0.2) is 18.6 Å². The van der Waals surface area contributed by atoms with Crippen LogP contribution in [-0.2, 0) is 6.42 Å². The first-order valence-electron chi connectivity index (χ1n) is 6.62. The van der Waals surface area contributed by atoms with E-state index in [2.05, 4.69) is 39.2 Å². The molecular weight excluding hydrogens is 336 g/mol. The van der Waals surface area contributed by atoms with Gasteiger partial charge in [0.1, 0.15) is 5.75 Å². The molecule has 5 heteroatoms. The standard InChI is InChI=1S/C15H19BrN2OS/c1-4-17-14(15-9-18-10(2)20-15)8-11-7-12(19-3)5-6-13(11)16/h5-7,9,14,17H,4,8H2,1-3H3. The molecule has 0 aliphatic carbocycles. The molecule has 0 saturated carbocycles. The Hall–Kier alpha value is -0.910. The second-order valence-corrected chi connectivity index (χ2v) is 6.67. The van der Waals surface area contributed by atoms with Crippen LogP contribution in [0.5, 0.6) is 5.75 Å². The van der Waals surface area contributed by atoms with E-state index in [1.54, 1.807) is 18.4 Å². The molecule has 1 N–H and O–H groups in total. The van der Waals surface area contributed by atoms with Gasteiger partial charge in [-0.25, -0.2) is 4.98 Å². The summed E-state index contributed by atoms with van der Waals surface area (Å²) >= 11 is 5.37. The number of methoxy groups -OCH3 is 1. The van der Waals surface area contributed by atoms with Crippen LogP contribution in [0, 0.1) is 6.92 Å². The summed E-state index contributed by atoms with van der Waals surface area (Å²) in [5.41, 5.74) is 1.24. The number of hydrogen-bond acceptors (Lipinski definition) is 4. The van der Waals surface area contributed by atoms with Crippen LogP contribution in [0.15, 0.2) is 28.9 Å². The minimum absolute atomic E-state index is 0.287. The molecule has 0 spiro atoms. The highest BCUT2D eigenvalue weighted by Gasteiger charge is 2.15. The van der Waals surface area contributed by atoms with Gasteiger partial charge in [0.05, 0.1) is 12.1 Å². The number of aryl methyl sites for hydroxylation is 1. The van der Waals surface area contributed by atoms with Crippen LogP contribution in [0.25, 0.3) is 0 Å². The monoisotopic (exact) mass is 354 g/mol. The van der Waals surface area contributed by atoms with E-state index in [4.69, 9.17) is 4.74 Å². The number of hydrogen-bond donors (Lipinski definition) is 1. The highest BCUT2D eigenvalue weighted by molar-refractivity contribution is 9.10. The van der Waals surface area contributed by atoms with E-state index in [-0.39, 0.29) is 6.04 Å². The van der Waals surface area contributed by atoms with Crippen LogP contribution < -0.4 is 10.1 Å². The van der Waals surface area contributed by atoms with Gasteiger partial charge in [-0.1, -0.05) is 22.9 Å². The molecule has 0 radical (unpaired) electrons. The lowest BCUT2D eigenvalue weighted by atomic mass is 10.0. The third-order valence-corrected chi connectivity index (χ3v) is 4.91. The normalized spacial score (nSPS) is 12.4. The smallest absolute Gasteiger partial charge is 0.119 e. The predicted octanol–water partition coefficient (Wildman–Crippen LogP) is 4.12. The summed E-state index contributed by atoms with van der Waals surface area (Å²) < 4.78 is 6.42. The summed E-state index contributed by atoms with van der Waals surface area (Å²) in [6.45, 7) is 5.10. The molecule has 0 aliphatic rings. The van der Waals surface area contributed by atoms with Crippen molar-refractivity contribution >= 4 is 27.3 Å². The van der Waals surface area contributed by atoms with Crippen molar-refractivity contribution in [2.24, 2.45) is 0 Å². The molecule has 3 nitrogen and oxygen atoms in total. The first kappa shape index (κ1) is 15.5. The molecule has 1 aromatic heterocycles. The summed E-state index contributed by atoms with van der Waals surface area (Å²) in [5, 5.41) is 4.64. The highest BCUT2D eigenvalue weighted by Crippen LogP contribution is 2.29. The van der Waals surface area contributed by atoms with Crippen molar-refractivity contribution in [3.05, 3.63) is 44.3 Å². The summed E-state index contributed by atoms with van der Waals surface area (Å²) in [7, 11) is 1.70. The van der Waals surface area contributed by atoms with Crippen molar-refractivity contribution in [3.8, 4) is 5.75 Å². The Morgan fingerprint density at radius 2 is 2.25 bits per heavy atom. The molecule has 0 bridgehead atoms. The molecule has 0 aliphatic heterocycles. The van der Waals surface area contributed by atoms with Crippen LogP contribution in [0.1, 0.15) is 28.4 Å². The number of ether oxygens (including phenoxy) is 1. The van der Waals surface area contributed by atoms with Gasteiger partial charge in [0, 0.05) is 21.6 Å². The fraction of sp³-hybridized carbons (Fsp3) is 0.400. The van der Waals surface area contributed by atoms with E-state index >= 15 is 0 Å². The summed E-state index contributed by atoms with van der Waals surface area (Å²) in [6, 6.07) is 6.37. The number of nitrogens with zero attached hydrogens (tertiary/aromatic N) is 1. The molecule has 0 amide bonds. The van der Waals surface area contributed by atoms with Gasteiger partial charge in [0.15, 0.2) is 0 Å². The lowest BCUT2D eigenvalue weighted by Crippen LogP contribution is -2.22. The van der Waals surface area contributed by atoms with Gasteiger partial charge >= 0.3 is 0 Å². The topological polar surface area (TPSA) is 34.1 Å². The Kier molecular flexibility index (Phi) is 5.57. The van der Waals surface area contributed by atoms with E-state index in [0.29, 0.717) is 0 Å². The Balaban J connectivity index is 2.23. The minimum Gasteiger partial charge on any atom is -0.497 e. The number of thiazole rings is 1. The van der Waals surface area contributed by atoms with Crippen LogP contribution in [0.4, 0.5) is 0 Å². The van der Waals surface area contributed by atoms with Crippen molar-refractivity contribution in [2.75, 3.05) is 13.7 Å². The fourth-order valence-corrected chi connectivity index (χ4v) is 3.38. The van der Waals surface area contributed by atoms with Gasteiger partial charge in [-0.05, 0) is 43.7 Å². The second-order valence-electron chi connectivity index (χ2n) is 4.55. The summed E-state index contributed by atoms with van der Waals surface area (Å²) in [4.78, 5) is 5.64. The van der Waals surface area contributed by atoms with E-state index < -0.39 is 0 Å². The molecule has 0 fully saturated rings. The molecular formula is C15H19BrN2OS. The zero-order valence-electron chi connectivity index (χ0n) is 11.9. The number of nitrogens with one attached hydrogen (secondary N) is 1. The van der Waals surface area contributed by atoms with Crippen molar-refractivity contribution < 1.29 is 4.74 Å². The SMILES string of the molecule is CCNC(Cc1cc(OC)ccc1Br)c1cnc(C)s1. The number of halogens is 1. The quantitative estimate of drug-likeness (QED) is 0.847. The van der Waals surface area contributed by atoms with E-state index in [9.17, 15) is 0 Å².